The molecule has 0 unspecified atom stereocenters. The third-order valence-corrected chi connectivity index (χ3v) is 7.00. The van der Waals surface area contributed by atoms with Gasteiger partial charge in [0.1, 0.15) is 4.88 Å². The Morgan fingerprint density at radius 2 is 2.04 bits per heavy atom. The Labute approximate surface area is 155 Å². The van der Waals surface area contributed by atoms with Gasteiger partial charge < -0.3 is 14.7 Å². The molecule has 0 bridgehead atoms. The van der Waals surface area contributed by atoms with Gasteiger partial charge in [0.05, 0.1) is 17.7 Å². The highest BCUT2D eigenvalue weighted by Crippen LogP contribution is 2.25. The molecule has 0 atom stereocenters. The minimum absolute atomic E-state index is 0.171. The minimum atomic E-state index is -3.58. The summed E-state index contributed by atoms with van der Waals surface area (Å²) in [5.41, 5.74) is 0.802. The standard InChI is InChI=1S/C16H19N3O5S2/c1-24-11-12-3-2-4-13(9-12)26(22,23)19-7-5-18(6-8-19)16-17-10-14(25-16)15(20)21/h2-4,9-10H,5-8,11H2,1H3,(H,20,21). The third-order valence-electron chi connectivity index (χ3n) is 4.06. The molecule has 0 radical (unpaired) electrons. The summed E-state index contributed by atoms with van der Waals surface area (Å²) in [5, 5.41) is 9.59. The molecule has 1 N–H and O–H groups in total. The molecule has 10 heteroatoms. The van der Waals surface area contributed by atoms with Crippen LogP contribution in [0.3, 0.4) is 0 Å². The molecule has 1 aliphatic heterocycles. The number of benzene rings is 1. The summed E-state index contributed by atoms with van der Waals surface area (Å²) in [4.78, 5) is 17.4. The van der Waals surface area contributed by atoms with E-state index in [4.69, 9.17) is 9.84 Å². The second-order valence-corrected chi connectivity index (χ2v) is 8.73. The van der Waals surface area contributed by atoms with Crippen molar-refractivity contribution >= 4 is 32.5 Å². The Kier molecular flexibility index (Phi) is 5.56. The van der Waals surface area contributed by atoms with Gasteiger partial charge in [0.25, 0.3) is 0 Å². The van der Waals surface area contributed by atoms with Gasteiger partial charge >= 0.3 is 5.97 Å². The predicted octanol–water partition coefficient (Wildman–Crippen LogP) is 1.50. The molecule has 26 heavy (non-hydrogen) atoms. The monoisotopic (exact) mass is 397 g/mol. The van der Waals surface area contributed by atoms with E-state index in [1.54, 1.807) is 25.3 Å². The maximum atomic E-state index is 12.9. The van der Waals surface area contributed by atoms with Gasteiger partial charge in [0.2, 0.25) is 10.0 Å². The van der Waals surface area contributed by atoms with E-state index in [1.807, 2.05) is 11.0 Å². The number of hydrogen-bond acceptors (Lipinski definition) is 7. The fraction of sp³-hybridized carbons (Fsp3) is 0.375. The number of anilines is 1. The van der Waals surface area contributed by atoms with Crippen LogP contribution >= 0.6 is 11.3 Å². The SMILES string of the molecule is COCc1cccc(S(=O)(=O)N2CCN(c3ncc(C(=O)O)s3)CC2)c1. The average Bonchev–Trinajstić information content (AvgIpc) is 3.13. The molecule has 8 nitrogen and oxygen atoms in total. The van der Waals surface area contributed by atoms with Crippen LogP contribution in [0, 0.1) is 0 Å². The van der Waals surface area contributed by atoms with E-state index in [0.29, 0.717) is 37.9 Å². The molecule has 1 fully saturated rings. The van der Waals surface area contributed by atoms with Crippen molar-refractivity contribution < 1.29 is 23.1 Å². The van der Waals surface area contributed by atoms with Gasteiger partial charge in [-0.05, 0) is 17.7 Å². The molecule has 0 aliphatic carbocycles. The summed E-state index contributed by atoms with van der Waals surface area (Å²) in [6.07, 6.45) is 1.33. The van der Waals surface area contributed by atoms with Crippen molar-refractivity contribution in [1.29, 1.82) is 0 Å². The van der Waals surface area contributed by atoms with E-state index < -0.39 is 16.0 Å². The lowest BCUT2D eigenvalue weighted by molar-refractivity contribution is 0.0702. The van der Waals surface area contributed by atoms with Crippen molar-refractivity contribution in [2.75, 3.05) is 38.2 Å². The fourth-order valence-corrected chi connectivity index (χ4v) is 5.04. The molecule has 2 heterocycles. The Morgan fingerprint density at radius 1 is 1.31 bits per heavy atom. The number of methoxy groups -OCH3 is 1. The van der Waals surface area contributed by atoms with Crippen LogP contribution in [0.5, 0.6) is 0 Å². The zero-order valence-electron chi connectivity index (χ0n) is 14.2. The third kappa shape index (κ3) is 3.88. The van der Waals surface area contributed by atoms with Gasteiger partial charge in [-0.2, -0.15) is 4.31 Å². The number of carbonyl (C=O) groups is 1. The van der Waals surface area contributed by atoms with E-state index in [1.165, 1.54) is 10.5 Å². The molecule has 1 aromatic heterocycles. The van der Waals surface area contributed by atoms with Gasteiger partial charge in [-0.3, -0.25) is 0 Å². The van der Waals surface area contributed by atoms with E-state index in [-0.39, 0.29) is 9.77 Å². The Balaban J connectivity index is 1.70. The lowest BCUT2D eigenvalue weighted by Crippen LogP contribution is -2.48. The number of rotatable bonds is 6. The average molecular weight is 397 g/mol. The van der Waals surface area contributed by atoms with Crippen LogP contribution in [0.25, 0.3) is 0 Å². The quantitative estimate of drug-likeness (QED) is 0.788. The van der Waals surface area contributed by atoms with Crippen LogP contribution < -0.4 is 4.90 Å². The van der Waals surface area contributed by atoms with E-state index in [2.05, 4.69) is 4.98 Å². The van der Waals surface area contributed by atoms with E-state index >= 15 is 0 Å². The molecule has 2 aromatic rings. The Morgan fingerprint density at radius 3 is 2.65 bits per heavy atom. The molecule has 0 amide bonds. The number of aromatic carboxylic acids is 1. The van der Waals surface area contributed by atoms with Gasteiger partial charge in [-0.15, -0.1) is 0 Å². The lowest BCUT2D eigenvalue weighted by Gasteiger charge is -2.33. The van der Waals surface area contributed by atoms with Crippen LogP contribution in [0.4, 0.5) is 5.13 Å². The molecule has 1 aromatic carbocycles. The zero-order valence-corrected chi connectivity index (χ0v) is 15.8. The molecule has 1 aliphatic rings. The largest absolute Gasteiger partial charge is 0.477 e. The number of thiazole rings is 1. The Hall–Kier alpha value is -2.01. The van der Waals surface area contributed by atoms with E-state index in [0.717, 1.165) is 16.9 Å². The summed E-state index contributed by atoms with van der Waals surface area (Å²) in [7, 11) is -2.01. The van der Waals surface area contributed by atoms with Crippen molar-refractivity contribution in [2.24, 2.45) is 0 Å². The highest BCUT2D eigenvalue weighted by molar-refractivity contribution is 7.89. The van der Waals surface area contributed by atoms with Crippen LogP contribution in [0.2, 0.25) is 0 Å². The van der Waals surface area contributed by atoms with Crippen molar-refractivity contribution in [3.63, 3.8) is 0 Å². The second kappa shape index (κ2) is 7.70. The smallest absolute Gasteiger partial charge is 0.347 e. The number of piperazine rings is 1. The number of hydrogen-bond donors (Lipinski definition) is 1. The molecule has 0 saturated carbocycles. The van der Waals surface area contributed by atoms with Crippen LogP contribution in [-0.2, 0) is 21.4 Å². The summed E-state index contributed by atoms with van der Waals surface area (Å²) in [5.74, 6) is -1.01. The van der Waals surface area contributed by atoms with Gasteiger partial charge in [-0.1, -0.05) is 23.5 Å². The molecule has 0 spiro atoms. The number of carboxylic acid groups (broad SMARTS) is 1. The van der Waals surface area contributed by atoms with Gasteiger partial charge in [0, 0.05) is 33.3 Å². The first-order valence-electron chi connectivity index (χ1n) is 7.94. The minimum Gasteiger partial charge on any atom is -0.477 e. The number of sulfonamides is 1. The number of carboxylic acids is 1. The maximum Gasteiger partial charge on any atom is 0.347 e. The highest BCUT2D eigenvalue weighted by atomic mass is 32.2. The molecule has 3 rings (SSSR count). The zero-order chi connectivity index (χ0) is 18.7. The number of nitrogens with zero attached hydrogens (tertiary/aromatic N) is 3. The van der Waals surface area contributed by atoms with E-state index in [9.17, 15) is 13.2 Å². The second-order valence-electron chi connectivity index (χ2n) is 5.78. The maximum absolute atomic E-state index is 12.9. The topological polar surface area (TPSA) is 100 Å². The Bertz CT molecular complexity index is 889. The van der Waals surface area contributed by atoms with Gasteiger partial charge in [-0.25, -0.2) is 18.2 Å². The molecular formula is C16H19N3O5S2. The van der Waals surface area contributed by atoms with Gasteiger partial charge in [0.15, 0.2) is 5.13 Å². The summed E-state index contributed by atoms with van der Waals surface area (Å²) in [6.45, 7) is 1.91. The first-order chi connectivity index (χ1) is 12.4. The normalized spacial score (nSPS) is 16.0. The van der Waals surface area contributed by atoms with Crippen molar-refractivity contribution in [3.8, 4) is 0 Å². The molecular weight excluding hydrogens is 378 g/mol. The first-order valence-corrected chi connectivity index (χ1v) is 10.2. The fourth-order valence-electron chi connectivity index (χ4n) is 2.74. The summed E-state index contributed by atoms with van der Waals surface area (Å²) >= 11 is 1.09. The number of aromatic nitrogens is 1. The van der Waals surface area contributed by atoms with Crippen molar-refractivity contribution in [1.82, 2.24) is 9.29 Å². The summed E-state index contributed by atoms with van der Waals surface area (Å²) in [6, 6.07) is 6.75. The van der Waals surface area contributed by atoms with Crippen LogP contribution in [0.15, 0.2) is 35.4 Å². The first kappa shape index (κ1) is 18.8. The number of ether oxygens (including phenoxy) is 1. The van der Waals surface area contributed by atoms with Crippen molar-refractivity contribution in [2.45, 2.75) is 11.5 Å². The molecule has 1 saturated heterocycles. The van der Waals surface area contributed by atoms with Crippen LogP contribution in [0.1, 0.15) is 15.2 Å². The molecule has 140 valence electrons. The van der Waals surface area contributed by atoms with Crippen LogP contribution in [-0.4, -0.2) is 62.1 Å². The van der Waals surface area contributed by atoms with Crippen molar-refractivity contribution in [3.05, 3.63) is 40.9 Å². The predicted molar refractivity (Wildman–Crippen MR) is 97.2 cm³/mol. The lowest BCUT2D eigenvalue weighted by atomic mass is 10.2. The highest BCUT2D eigenvalue weighted by Gasteiger charge is 2.29. The summed E-state index contributed by atoms with van der Waals surface area (Å²) < 4.78 is 32.2.